The predicted octanol–water partition coefficient (Wildman–Crippen LogP) is 1.60. The maximum atomic E-state index is 14.6. The highest BCUT2D eigenvalue weighted by Crippen LogP contribution is 2.22. The lowest BCUT2D eigenvalue weighted by Gasteiger charge is -2.34. The number of piperazine rings is 1. The molecule has 2 heterocycles. The predicted molar refractivity (Wildman–Crippen MR) is 128 cm³/mol. The molecule has 0 spiro atoms. The molecule has 0 unspecified atom stereocenters. The number of aromatic amines is 2. The van der Waals surface area contributed by atoms with Gasteiger partial charge in [-0.25, -0.2) is 13.2 Å². The zero-order chi connectivity index (χ0) is 30.6. The van der Waals surface area contributed by atoms with Gasteiger partial charge in [-0.1, -0.05) is 6.07 Å². The van der Waals surface area contributed by atoms with Crippen molar-refractivity contribution in [3.05, 3.63) is 92.2 Å². The van der Waals surface area contributed by atoms with E-state index < -0.39 is 41.4 Å². The molecule has 0 saturated carbocycles. The first-order valence-corrected chi connectivity index (χ1v) is 11.8. The molecule has 15 heteroatoms. The van der Waals surface area contributed by atoms with Crippen LogP contribution in [0.25, 0.3) is 0 Å². The maximum Gasteiger partial charge on any atom is 0.430 e. The van der Waals surface area contributed by atoms with Crippen LogP contribution in [-0.4, -0.2) is 53.6 Å². The van der Waals surface area contributed by atoms with E-state index in [1.165, 1.54) is 28.0 Å². The number of carbonyl (C=O) groups is 3. The molecular formula is C26H22F6N4O5. The number of anilines is 1. The summed E-state index contributed by atoms with van der Waals surface area (Å²) in [5.74, 6) is -6.96. The van der Waals surface area contributed by atoms with Gasteiger partial charge < -0.3 is 19.7 Å². The van der Waals surface area contributed by atoms with E-state index in [1.54, 1.807) is 19.9 Å². The van der Waals surface area contributed by atoms with Gasteiger partial charge in [-0.3, -0.25) is 14.4 Å². The van der Waals surface area contributed by atoms with Crippen LogP contribution in [0, 0.1) is 31.3 Å². The third-order valence-corrected chi connectivity index (χ3v) is 6.28. The fourth-order valence-electron chi connectivity index (χ4n) is 3.89. The normalized spacial score (nSPS) is 13.5. The highest BCUT2D eigenvalue weighted by molar-refractivity contribution is 6.01. The second-order valence-corrected chi connectivity index (χ2v) is 8.95. The summed E-state index contributed by atoms with van der Waals surface area (Å²) < 4.78 is 72.9. The number of hydrogen-bond acceptors (Lipinski definition) is 5. The zero-order valence-electron chi connectivity index (χ0n) is 21.5. The molecule has 218 valence electrons. The highest BCUT2D eigenvalue weighted by Gasteiger charge is 2.31. The van der Waals surface area contributed by atoms with Crippen molar-refractivity contribution < 1.29 is 50.9 Å². The molecule has 3 aromatic rings. The summed E-state index contributed by atoms with van der Waals surface area (Å²) in [6.07, 6.45) is -4.87. The van der Waals surface area contributed by atoms with Gasteiger partial charge in [0, 0.05) is 36.0 Å². The third kappa shape index (κ3) is 7.29. The van der Waals surface area contributed by atoms with Crippen LogP contribution in [0.5, 0.6) is 0 Å². The third-order valence-electron chi connectivity index (χ3n) is 6.28. The molecule has 2 aromatic carbocycles. The average Bonchev–Trinajstić information content (AvgIpc) is 2.91. The van der Waals surface area contributed by atoms with E-state index in [0.717, 1.165) is 23.4 Å². The Balaban J connectivity index is 0.000000587. The van der Waals surface area contributed by atoms with Gasteiger partial charge >= 0.3 is 11.7 Å². The number of amides is 2. The number of alkyl halides is 3. The van der Waals surface area contributed by atoms with Crippen LogP contribution in [0.1, 0.15) is 32.7 Å². The van der Waals surface area contributed by atoms with Gasteiger partial charge in [-0.15, -0.1) is 10.2 Å². The second kappa shape index (κ2) is 12.2. The fourth-order valence-corrected chi connectivity index (χ4v) is 3.89. The van der Waals surface area contributed by atoms with Crippen molar-refractivity contribution in [2.24, 2.45) is 0 Å². The van der Waals surface area contributed by atoms with E-state index in [9.17, 15) is 40.7 Å². The summed E-state index contributed by atoms with van der Waals surface area (Å²) in [6.45, 7) is 3.32. The molecule has 4 rings (SSSR count). The smallest absolute Gasteiger partial charge is 0.430 e. The standard InChI is InChI=1S/C24H21F3N4O3.C2HF3O2/c1-13-14(2)23(33)29-28-21(13)10-15-3-5-18(25)17(9-15)24(34)30-7-8-31(22(32)12-30)16-4-6-19(26)20(27)11-16;3-2(4,5)1(6)7/h3-6,9,11H,7-8,10,12H2,1-2H3,(H,29,33);(H,6,7). The van der Waals surface area contributed by atoms with Crippen LogP contribution < -0.4 is 20.7 Å². The number of nitrogens with zero attached hydrogens (tertiary/aromatic N) is 2. The fraction of sp³-hybridized carbons (Fsp3) is 0.269. The number of carboxylic acid groups (broad SMARTS) is 1. The van der Waals surface area contributed by atoms with Gasteiger partial charge in [0.1, 0.15) is 18.3 Å². The maximum absolute atomic E-state index is 14.6. The van der Waals surface area contributed by atoms with Gasteiger partial charge in [-0.05, 0) is 43.7 Å². The monoisotopic (exact) mass is 584 g/mol. The van der Waals surface area contributed by atoms with Crippen LogP contribution in [0.15, 0.2) is 41.2 Å². The minimum atomic E-state index is -5.19. The number of aliphatic carboxylic acids is 1. The lowest BCUT2D eigenvalue weighted by atomic mass is 10.0. The van der Waals surface area contributed by atoms with Crippen molar-refractivity contribution in [1.29, 1.82) is 0 Å². The van der Waals surface area contributed by atoms with E-state index in [0.29, 0.717) is 17.5 Å². The number of carboxylic acids is 1. The molecule has 2 amide bonds. The average molecular weight is 584 g/mol. The largest absolute Gasteiger partial charge is 0.542 e. The topological polar surface area (TPSA) is 128 Å². The Morgan fingerprint density at radius 2 is 1.59 bits per heavy atom. The molecule has 0 bridgehead atoms. The van der Waals surface area contributed by atoms with E-state index in [-0.39, 0.29) is 36.4 Å². The number of hydrogen-bond donors (Lipinski definition) is 1. The minimum Gasteiger partial charge on any atom is -0.542 e. The Hall–Kier alpha value is -4.69. The Morgan fingerprint density at radius 3 is 2.17 bits per heavy atom. The lowest BCUT2D eigenvalue weighted by molar-refractivity contribution is -0.467. The van der Waals surface area contributed by atoms with Gasteiger partial charge in [0.2, 0.25) is 11.6 Å². The van der Waals surface area contributed by atoms with Crippen LogP contribution in [0.4, 0.5) is 32.0 Å². The Labute approximate surface area is 228 Å². The molecule has 9 nitrogen and oxygen atoms in total. The lowest BCUT2D eigenvalue weighted by Crippen LogP contribution is -2.52. The Morgan fingerprint density at radius 1 is 0.951 bits per heavy atom. The molecule has 2 N–H and O–H groups in total. The summed E-state index contributed by atoms with van der Waals surface area (Å²) in [6, 6.07) is 7.30. The second-order valence-electron chi connectivity index (χ2n) is 8.95. The van der Waals surface area contributed by atoms with Crippen LogP contribution >= 0.6 is 0 Å². The van der Waals surface area contributed by atoms with Crippen LogP contribution in [0.3, 0.4) is 0 Å². The highest BCUT2D eigenvalue weighted by atomic mass is 19.4. The molecular weight excluding hydrogens is 562 g/mol. The van der Waals surface area contributed by atoms with Crippen molar-refractivity contribution in [2.75, 3.05) is 24.5 Å². The van der Waals surface area contributed by atoms with Crippen LogP contribution in [-0.2, 0) is 16.0 Å². The molecule has 0 radical (unpaired) electrons. The molecule has 0 atom stereocenters. The van der Waals surface area contributed by atoms with Crippen molar-refractivity contribution in [1.82, 2.24) is 10.00 Å². The number of nitrogens with one attached hydrogen (secondary N) is 2. The van der Waals surface area contributed by atoms with Gasteiger partial charge in [-0.2, -0.15) is 13.2 Å². The van der Waals surface area contributed by atoms with Crippen molar-refractivity contribution in [2.45, 2.75) is 26.4 Å². The SMILES string of the molecule is Cc1c(Cc2ccc(F)c(C(=O)N3CCN(c4ccc(F)c(F)c4)C(=O)C3)c2)[nH+][nH]c(=O)c1C.O=C([O-])C(F)(F)F. The molecule has 1 aromatic heterocycles. The minimum absolute atomic E-state index is 0.0573. The molecule has 1 aliphatic rings. The van der Waals surface area contributed by atoms with Crippen molar-refractivity contribution >= 4 is 23.5 Å². The molecule has 1 fully saturated rings. The van der Waals surface area contributed by atoms with E-state index >= 15 is 0 Å². The Kier molecular flexibility index (Phi) is 9.20. The number of aromatic nitrogens is 2. The van der Waals surface area contributed by atoms with E-state index in [4.69, 9.17) is 9.90 Å². The van der Waals surface area contributed by atoms with Gasteiger partial charge in [0.25, 0.3) is 5.91 Å². The number of H-pyrrole nitrogens is 2. The summed E-state index contributed by atoms with van der Waals surface area (Å²) in [7, 11) is 0. The first-order chi connectivity index (χ1) is 19.1. The molecule has 41 heavy (non-hydrogen) atoms. The van der Waals surface area contributed by atoms with Gasteiger partial charge in [0.05, 0.1) is 12.0 Å². The quantitative estimate of drug-likeness (QED) is 0.466. The molecule has 1 aliphatic heterocycles. The number of carbonyl (C=O) groups excluding carboxylic acids is 3. The van der Waals surface area contributed by atoms with E-state index in [1.807, 2.05) is 0 Å². The Bertz CT molecular complexity index is 1560. The summed E-state index contributed by atoms with van der Waals surface area (Å²) in [4.78, 5) is 48.6. The summed E-state index contributed by atoms with van der Waals surface area (Å²) in [5, 5.41) is 14.2. The zero-order valence-corrected chi connectivity index (χ0v) is 21.5. The molecule has 0 aliphatic carbocycles. The number of benzene rings is 2. The first-order valence-electron chi connectivity index (χ1n) is 11.8. The van der Waals surface area contributed by atoms with E-state index in [2.05, 4.69) is 10.2 Å². The number of rotatable bonds is 4. The number of halogens is 6. The summed E-state index contributed by atoms with van der Waals surface area (Å²) >= 11 is 0. The van der Waals surface area contributed by atoms with Gasteiger partial charge in [0.15, 0.2) is 11.6 Å². The first kappa shape index (κ1) is 30.8. The van der Waals surface area contributed by atoms with Crippen molar-refractivity contribution in [3.8, 4) is 0 Å². The van der Waals surface area contributed by atoms with Crippen molar-refractivity contribution in [3.63, 3.8) is 0 Å². The van der Waals surface area contributed by atoms with Crippen LogP contribution in [0.2, 0.25) is 0 Å². The summed E-state index contributed by atoms with van der Waals surface area (Å²) in [5.41, 5.74) is 2.46. The molecule has 1 saturated heterocycles.